The number of nitrogens with one attached hydrogen (secondary N) is 4. The first kappa shape index (κ1) is 17.1. The Morgan fingerprint density at radius 2 is 1.88 bits per heavy atom. The van der Waals surface area contributed by atoms with E-state index in [4.69, 9.17) is 0 Å². The van der Waals surface area contributed by atoms with Gasteiger partial charge in [-0.15, -0.1) is 11.3 Å². The second kappa shape index (κ2) is 7.03. The molecule has 0 radical (unpaired) electrons. The molecule has 3 rings (SSSR count). The third-order valence-corrected chi connectivity index (χ3v) is 5.17. The van der Waals surface area contributed by atoms with Gasteiger partial charge < -0.3 is 10.6 Å². The molecule has 0 bridgehead atoms. The van der Waals surface area contributed by atoms with Crippen LogP contribution in [0.15, 0.2) is 43.7 Å². The van der Waals surface area contributed by atoms with E-state index in [1.165, 1.54) is 23.5 Å². The fourth-order valence-corrected chi connectivity index (χ4v) is 3.69. The second-order valence-electron chi connectivity index (χ2n) is 4.96. The van der Waals surface area contributed by atoms with Gasteiger partial charge in [-0.2, -0.15) is 0 Å². The lowest BCUT2D eigenvalue weighted by atomic mass is 10.1. The molecule has 2 aromatic heterocycles. The van der Waals surface area contributed by atoms with Gasteiger partial charge in [0.05, 0.1) is 23.0 Å². The van der Waals surface area contributed by atoms with Gasteiger partial charge in [0, 0.05) is 4.47 Å². The maximum absolute atomic E-state index is 12.1. The summed E-state index contributed by atoms with van der Waals surface area (Å²) in [5.74, 6) is -0.905. The van der Waals surface area contributed by atoms with Crippen LogP contribution < -0.4 is 21.8 Å². The van der Waals surface area contributed by atoms with Crippen LogP contribution in [0.2, 0.25) is 0 Å². The molecule has 8 nitrogen and oxygen atoms in total. The van der Waals surface area contributed by atoms with Crippen molar-refractivity contribution in [3.8, 4) is 0 Å². The molecule has 0 saturated heterocycles. The van der Waals surface area contributed by atoms with Crippen molar-refractivity contribution in [3.63, 3.8) is 0 Å². The number of aromatic amines is 2. The lowest BCUT2D eigenvalue weighted by Crippen LogP contribution is -2.33. The highest BCUT2D eigenvalue weighted by Crippen LogP contribution is 2.22. The zero-order valence-corrected chi connectivity index (χ0v) is 14.9. The first-order valence-electron chi connectivity index (χ1n) is 7.02. The maximum atomic E-state index is 12.1. The fraction of sp³-hybridized carbons (Fsp3) is 0.0667. The molecule has 0 atom stereocenters. The van der Waals surface area contributed by atoms with E-state index in [1.807, 2.05) is 0 Å². The van der Waals surface area contributed by atoms with Crippen LogP contribution in [0.4, 0.5) is 5.69 Å². The van der Waals surface area contributed by atoms with Gasteiger partial charge >= 0.3 is 0 Å². The topological polar surface area (TPSA) is 124 Å². The second-order valence-corrected chi connectivity index (χ2v) is 6.74. The first-order chi connectivity index (χ1) is 12.0. The summed E-state index contributed by atoms with van der Waals surface area (Å²) < 4.78 is 0.648. The van der Waals surface area contributed by atoms with Crippen LogP contribution in [0.5, 0.6) is 0 Å². The third kappa shape index (κ3) is 3.54. The minimum Gasteiger partial charge on any atom is -0.342 e. The van der Waals surface area contributed by atoms with Gasteiger partial charge in [0.15, 0.2) is 0 Å². The number of H-pyrrole nitrogens is 2. The average molecular weight is 423 g/mol. The van der Waals surface area contributed by atoms with Crippen molar-refractivity contribution in [2.24, 2.45) is 0 Å². The Kier molecular flexibility index (Phi) is 4.81. The molecular weight excluding hydrogens is 412 g/mol. The summed E-state index contributed by atoms with van der Waals surface area (Å²) in [6, 6.07) is 6.27. The van der Waals surface area contributed by atoms with E-state index in [0.29, 0.717) is 9.35 Å². The van der Waals surface area contributed by atoms with Crippen molar-refractivity contribution in [1.29, 1.82) is 0 Å². The number of anilines is 1. The Bertz CT molecular complexity index is 1080. The molecule has 0 saturated carbocycles. The molecule has 0 unspecified atom stereocenters. The van der Waals surface area contributed by atoms with Crippen LogP contribution >= 0.6 is 27.3 Å². The monoisotopic (exact) mass is 422 g/mol. The number of fused-ring (bicyclic) bond motifs is 1. The summed E-state index contributed by atoms with van der Waals surface area (Å²) in [5, 5.41) is 11.4. The summed E-state index contributed by atoms with van der Waals surface area (Å²) in [6.45, 7) is -0.277. The maximum Gasteiger partial charge on any atom is 0.272 e. The van der Waals surface area contributed by atoms with Crippen molar-refractivity contribution >= 4 is 55.5 Å². The molecular formula is C15H11BrN4O4S. The molecule has 25 heavy (non-hydrogen) atoms. The van der Waals surface area contributed by atoms with Gasteiger partial charge in [-0.25, -0.2) is 0 Å². The van der Waals surface area contributed by atoms with Crippen LogP contribution in [0.3, 0.4) is 0 Å². The number of amides is 2. The van der Waals surface area contributed by atoms with Gasteiger partial charge in [0.1, 0.15) is 4.88 Å². The van der Waals surface area contributed by atoms with Crippen molar-refractivity contribution in [3.05, 3.63) is 59.7 Å². The zero-order chi connectivity index (χ0) is 18.0. The average Bonchev–Trinajstić information content (AvgIpc) is 3.02. The quantitative estimate of drug-likeness (QED) is 0.507. The predicted octanol–water partition coefficient (Wildman–Crippen LogP) is 1.41. The van der Waals surface area contributed by atoms with Gasteiger partial charge in [-0.1, -0.05) is 6.07 Å². The highest BCUT2D eigenvalue weighted by molar-refractivity contribution is 9.10. The molecule has 4 N–H and O–H groups in total. The number of aromatic nitrogens is 2. The molecule has 10 heteroatoms. The minimum atomic E-state index is -0.531. The van der Waals surface area contributed by atoms with E-state index in [9.17, 15) is 19.2 Å². The summed E-state index contributed by atoms with van der Waals surface area (Å²) in [7, 11) is 0. The smallest absolute Gasteiger partial charge is 0.272 e. The van der Waals surface area contributed by atoms with E-state index < -0.39 is 17.0 Å². The summed E-state index contributed by atoms with van der Waals surface area (Å²) in [5.41, 5.74) is -0.806. The molecule has 1 aromatic carbocycles. The lowest BCUT2D eigenvalue weighted by molar-refractivity contribution is -0.115. The Balaban J connectivity index is 1.76. The number of rotatable bonds is 4. The minimum absolute atomic E-state index is 0.0759. The molecule has 3 aromatic rings. The molecule has 0 fully saturated rings. The highest BCUT2D eigenvalue weighted by Gasteiger charge is 2.14. The number of carbonyl (C=O) groups is 2. The van der Waals surface area contributed by atoms with Crippen molar-refractivity contribution in [2.75, 3.05) is 11.9 Å². The van der Waals surface area contributed by atoms with E-state index in [1.54, 1.807) is 17.5 Å². The Morgan fingerprint density at radius 1 is 1.12 bits per heavy atom. The highest BCUT2D eigenvalue weighted by atomic mass is 79.9. The number of hydrogen-bond donors (Lipinski definition) is 4. The summed E-state index contributed by atoms with van der Waals surface area (Å²) in [6.07, 6.45) is 0. The van der Waals surface area contributed by atoms with Gasteiger partial charge in [0.25, 0.3) is 17.0 Å². The van der Waals surface area contributed by atoms with Crippen LogP contribution in [0, 0.1) is 0 Å². The molecule has 2 amide bonds. The van der Waals surface area contributed by atoms with Crippen molar-refractivity contribution in [2.45, 2.75) is 0 Å². The van der Waals surface area contributed by atoms with E-state index in [2.05, 4.69) is 36.8 Å². The third-order valence-electron chi connectivity index (χ3n) is 3.33. The molecule has 2 heterocycles. The van der Waals surface area contributed by atoms with Crippen LogP contribution in [0.1, 0.15) is 9.67 Å². The van der Waals surface area contributed by atoms with Crippen LogP contribution in [-0.2, 0) is 4.79 Å². The largest absolute Gasteiger partial charge is 0.342 e. The number of carbonyl (C=O) groups excluding carboxylic acids is 2. The lowest BCUT2D eigenvalue weighted by Gasteiger charge is -2.08. The SMILES string of the molecule is O=C(CNC(=O)c1sccc1Br)Nc1cccc2c(=O)[nH][nH]c(=O)c12. The van der Waals surface area contributed by atoms with Gasteiger partial charge in [-0.05, 0) is 39.5 Å². The molecule has 0 aliphatic carbocycles. The van der Waals surface area contributed by atoms with E-state index in [0.717, 1.165) is 0 Å². The fourth-order valence-electron chi connectivity index (χ4n) is 2.22. The number of halogens is 1. The van der Waals surface area contributed by atoms with Gasteiger partial charge in [-0.3, -0.25) is 29.4 Å². The summed E-state index contributed by atoms with van der Waals surface area (Å²) >= 11 is 4.49. The summed E-state index contributed by atoms with van der Waals surface area (Å²) in [4.78, 5) is 48.2. The van der Waals surface area contributed by atoms with E-state index >= 15 is 0 Å². The Morgan fingerprint density at radius 3 is 2.60 bits per heavy atom. The zero-order valence-electron chi connectivity index (χ0n) is 12.5. The molecule has 128 valence electrons. The standard InChI is InChI=1S/C15H11BrN4O4S/c16-8-4-5-25-12(8)15(24)17-6-10(21)18-9-3-1-2-7-11(9)14(23)20-19-13(7)22/h1-5H,6H2,(H,17,24)(H,18,21)(H,19,22)(H,20,23). The van der Waals surface area contributed by atoms with Crippen LogP contribution in [-0.4, -0.2) is 28.6 Å². The Hall–Kier alpha value is -2.72. The molecule has 0 aliphatic heterocycles. The number of thiophene rings is 1. The predicted molar refractivity (Wildman–Crippen MR) is 98.2 cm³/mol. The first-order valence-corrected chi connectivity index (χ1v) is 8.69. The van der Waals surface area contributed by atoms with Gasteiger partial charge in [0.2, 0.25) is 5.91 Å². The van der Waals surface area contributed by atoms with Crippen molar-refractivity contribution in [1.82, 2.24) is 15.5 Å². The molecule has 0 aliphatic rings. The number of hydrogen-bond acceptors (Lipinski definition) is 5. The molecule has 0 spiro atoms. The Labute approximate surface area is 152 Å². The van der Waals surface area contributed by atoms with Crippen molar-refractivity contribution < 1.29 is 9.59 Å². The van der Waals surface area contributed by atoms with E-state index in [-0.39, 0.29) is 28.9 Å². The van der Waals surface area contributed by atoms with Crippen LogP contribution in [0.25, 0.3) is 10.8 Å². The number of benzene rings is 1. The normalized spacial score (nSPS) is 10.6.